The fourth-order valence-corrected chi connectivity index (χ4v) is 3.83. The largest absolute Gasteiger partial charge is 0.392 e. The lowest BCUT2D eigenvalue weighted by atomic mass is 9.94. The van der Waals surface area contributed by atoms with Crippen molar-refractivity contribution in [2.45, 2.75) is 19.3 Å². The number of benzene rings is 1. The molecule has 0 spiro atoms. The van der Waals surface area contributed by atoms with Crippen LogP contribution < -0.4 is 10.6 Å². The maximum atomic E-state index is 15.0. The van der Waals surface area contributed by atoms with E-state index in [0.717, 1.165) is 43.5 Å². The van der Waals surface area contributed by atoms with Gasteiger partial charge < -0.3 is 10.6 Å². The predicted molar refractivity (Wildman–Crippen MR) is 114 cm³/mol. The summed E-state index contributed by atoms with van der Waals surface area (Å²) in [7, 11) is 0. The Hall–Kier alpha value is -3.97. The van der Waals surface area contributed by atoms with Crippen LogP contribution in [0.2, 0.25) is 0 Å². The smallest absolute Gasteiger partial charge is 0.237 e. The lowest BCUT2D eigenvalue weighted by molar-refractivity contribution is 0.573. The molecule has 1 aromatic carbocycles. The van der Waals surface area contributed by atoms with E-state index < -0.39 is 5.82 Å². The summed E-state index contributed by atoms with van der Waals surface area (Å²) in [5, 5.41) is 9.99. The fraction of sp³-hybridized carbons (Fsp3) is 0.217. The number of nitrogens with two attached hydrogens (primary N) is 1. The molecule has 2 aromatic heterocycles. The highest BCUT2D eigenvalue weighted by Gasteiger charge is 2.26. The Labute approximate surface area is 174 Å². The minimum Gasteiger partial charge on any atom is -0.392 e. The molecule has 2 N–H and O–H groups in total. The van der Waals surface area contributed by atoms with Gasteiger partial charge in [-0.2, -0.15) is 5.26 Å². The van der Waals surface area contributed by atoms with E-state index in [1.54, 1.807) is 30.6 Å². The quantitative estimate of drug-likeness (QED) is 0.632. The molecule has 0 bridgehead atoms. The first-order chi connectivity index (χ1) is 14.6. The highest BCUT2D eigenvalue weighted by Crippen LogP contribution is 2.43. The average Bonchev–Trinajstić information content (AvgIpc) is 2.80. The van der Waals surface area contributed by atoms with Crippen molar-refractivity contribution in [2.75, 3.05) is 23.7 Å². The molecule has 148 valence electrons. The van der Waals surface area contributed by atoms with Crippen molar-refractivity contribution in [3.05, 3.63) is 65.5 Å². The van der Waals surface area contributed by atoms with Crippen LogP contribution in [-0.4, -0.2) is 23.1 Å². The monoisotopic (exact) mass is 398 g/mol. The molecular formula is C23H19FN6. The van der Waals surface area contributed by atoms with Gasteiger partial charge in [0, 0.05) is 42.2 Å². The Kier molecular flexibility index (Phi) is 5.28. The van der Waals surface area contributed by atoms with Gasteiger partial charge in [0.2, 0.25) is 5.69 Å². The van der Waals surface area contributed by atoms with E-state index in [4.69, 9.17) is 12.3 Å². The number of hydrogen-bond donors (Lipinski definition) is 1. The second-order valence-electron chi connectivity index (χ2n) is 7.13. The molecule has 30 heavy (non-hydrogen) atoms. The lowest BCUT2D eigenvalue weighted by Crippen LogP contribution is -2.31. The molecule has 0 unspecified atom stereocenters. The van der Waals surface area contributed by atoms with Gasteiger partial charge in [-0.15, -0.1) is 0 Å². The number of aromatic nitrogens is 2. The number of nitrogens with zero attached hydrogens (tertiary/aromatic N) is 5. The number of piperidine rings is 1. The van der Waals surface area contributed by atoms with E-state index >= 15 is 4.39 Å². The van der Waals surface area contributed by atoms with Crippen LogP contribution in [0.5, 0.6) is 0 Å². The number of hydrogen-bond acceptors (Lipinski definition) is 5. The summed E-state index contributed by atoms with van der Waals surface area (Å²) in [5.74, 6) is -0.103. The molecule has 4 rings (SSSR count). The molecule has 1 aliphatic rings. The van der Waals surface area contributed by atoms with Crippen molar-refractivity contribution in [3.63, 3.8) is 0 Å². The maximum Gasteiger partial charge on any atom is 0.237 e. The first-order valence-corrected chi connectivity index (χ1v) is 9.70. The van der Waals surface area contributed by atoms with Gasteiger partial charge in [0.1, 0.15) is 23.5 Å². The van der Waals surface area contributed by atoms with Crippen LogP contribution in [0.1, 0.15) is 24.8 Å². The molecule has 3 heterocycles. The molecule has 1 fully saturated rings. The molecule has 0 saturated carbocycles. The van der Waals surface area contributed by atoms with Gasteiger partial charge in [0.15, 0.2) is 0 Å². The molecule has 3 aromatic rings. The Morgan fingerprint density at radius 1 is 1.17 bits per heavy atom. The molecule has 1 aliphatic heterocycles. The van der Waals surface area contributed by atoms with Crippen LogP contribution in [0, 0.1) is 23.7 Å². The van der Waals surface area contributed by atoms with Crippen molar-refractivity contribution in [3.8, 4) is 28.3 Å². The van der Waals surface area contributed by atoms with Gasteiger partial charge in [-0.05, 0) is 43.0 Å². The van der Waals surface area contributed by atoms with Gasteiger partial charge >= 0.3 is 0 Å². The average molecular weight is 398 g/mol. The molecule has 0 atom stereocenters. The molecule has 6 nitrogen and oxygen atoms in total. The SMILES string of the molecule is [C-]#[N+]c1c(N)nc(N2CCCCC2)c(C#N)c1-c1cc(-c2cccnc2)ccc1F. The zero-order valence-electron chi connectivity index (χ0n) is 16.3. The van der Waals surface area contributed by atoms with E-state index in [2.05, 4.69) is 20.9 Å². The third kappa shape index (κ3) is 3.42. The molecule has 0 aliphatic carbocycles. The number of anilines is 2. The van der Waals surface area contributed by atoms with Gasteiger partial charge in [0.25, 0.3) is 0 Å². The summed E-state index contributed by atoms with van der Waals surface area (Å²) < 4.78 is 15.0. The number of pyridine rings is 2. The van der Waals surface area contributed by atoms with Crippen LogP contribution in [-0.2, 0) is 0 Å². The molecule has 1 saturated heterocycles. The summed E-state index contributed by atoms with van der Waals surface area (Å²) in [6.45, 7) is 9.09. The normalized spacial score (nSPS) is 13.5. The molecule has 0 amide bonds. The summed E-state index contributed by atoms with van der Waals surface area (Å²) in [6.07, 6.45) is 6.42. The van der Waals surface area contributed by atoms with Gasteiger partial charge in [-0.25, -0.2) is 14.2 Å². The van der Waals surface area contributed by atoms with Crippen LogP contribution in [0.4, 0.5) is 21.7 Å². The summed E-state index contributed by atoms with van der Waals surface area (Å²) in [5.41, 5.74) is 8.17. The summed E-state index contributed by atoms with van der Waals surface area (Å²) in [4.78, 5) is 14.0. The van der Waals surface area contributed by atoms with Crippen LogP contribution >= 0.6 is 0 Å². The van der Waals surface area contributed by atoms with Crippen molar-refractivity contribution in [1.29, 1.82) is 5.26 Å². The van der Waals surface area contributed by atoms with E-state index in [1.165, 1.54) is 6.07 Å². The Bertz CT molecular complexity index is 1170. The standard InChI is InChI=1S/C23H19FN6/c1-27-21-20(17-12-15(7-8-19(17)24)16-6-5-9-28-14-16)18(13-25)23(29-22(21)26)30-10-3-2-4-11-30/h5-9,12,14H,2-4,10-11H2,(H2,26,29). The highest BCUT2D eigenvalue weighted by atomic mass is 19.1. The topological polar surface area (TPSA) is 83.2 Å². The van der Waals surface area contributed by atoms with Crippen molar-refractivity contribution in [1.82, 2.24) is 9.97 Å². The highest BCUT2D eigenvalue weighted by molar-refractivity contribution is 5.93. The second-order valence-corrected chi connectivity index (χ2v) is 7.13. The zero-order chi connectivity index (χ0) is 21.1. The van der Waals surface area contributed by atoms with Crippen molar-refractivity contribution >= 4 is 17.3 Å². The first-order valence-electron chi connectivity index (χ1n) is 9.70. The van der Waals surface area contributed by atoms with Gasteiger partial charge in [-0.1, -0.05) is 12.1 Å². The fourth-order valence-electron chi connectivity index (χ4n) is 3.83. The van der Waals surface area contributed by atoms with E-state index in [9.17, 15) is 5.26 Å². The predicted octanol–water partition coefficient (Wildman–Crippen LogP) is 4.94. The number of nitrogen functional groups attached to an aromatic ring is 1. The zero-order valence-corrected chi connectivity index (χ0v) is 16.3. The van der Waals surface area contributed by atoms with E-state index in [1.807, 2.05) is 11.0 Å². The summed E-state index contributed by atoms with van der Waals surface area (Å²) in [6, 6.07) is 10.4. The Balaban J connectivity index is 1.97. The second kappa shape index (κ2) is 8.18. The van der Waals surface area contributed by atoms with Crippen LogP contribution in [0.15, 0.2) is 42.7 Å². The molecule has 0 radical (unpaired) electrons. The lowest BCUT2D eigenvalue weighted by Gasteiger charge is -2.29. The van der Waals surface area contributed by atoms with E-state index in [-0.39, 0.29) is 28.2 Å². The minimum absolute atomic E-state index is 0.00505. The first kappa shape index (κ1) is 19.4. The third-order valence-corrected chi connectivity index (χ3v) is 5.29. The van der Waals surface area contributed by atoms with Crippen LogP contribution in [0.25, 0.3) is 27.1 Å². The van der Waals surface area contributed by atoms with Crippen molar-refractivity contribution in [2.24, 2.45) is 0 Å². The number of rotatable bonds is 3. The summed E-state index contributed by atoms with van der Waals surface area (Å²) >= 11 is 0. The number of nitriles is 1. The molecular weight excluding hydrogens is 379 g/mol. The Morgan fingerprint density at radius 2 is 1.97 bits per heavy atom. The maximum absolute atomic E-state index is 15.0. The molecule has 7 heteroatoms. The van der Waals surface area contributed by atoms with Gasteiger partial charge in [-0.3, -0.25) is 4.98 Å². The van der Waals surface area contributed by atoms with E-state index in [0.29, 0.717) is 5.82 Å². The van der Waals surface area contributed by atoms with Crippen LogP contribution in [0.3, 0.4) is 0 Å². The third-order valence-electron chi connectivity index (χ3n) is 5.29. The minimum atomic E-state index is -0.528. The number of halogens is 1. The Morgan fingerprint density at radius 3 is 2.63 bits per heavy atom. The van der Waals surface area contributed by atoms with Gasteiger partial charge in [0.05, 0.1) is 12.1 Å². The van der Waals surface area contributed by atoms with Crippen molar-refractivity contribution < 1.29 is 4.39 Å².